The second kappa shape index (κ2) is 5.73. The average Bonchev–Trinajstić information content (AvgIpc) is 2.26. The van der Waals surface area contributed by atoms with Crippen LogP contribution >= 0.6 is 0 Å². The number of hydrogen-bond acceptors (Lipinski definition) is 1. The molecule has 0 aromatic carbocycles. The summed E-state index contributed by atoms with van der Waals surface area (Å²) >= 11 is 0. The van der Waals surface area contributed by atoms with E-state index in [1.807, 2.05) is 0 Å². The number of nitrogens with one attached hydrogen (secondary N) is 1. The van der Waals surface area contributed by atoms with Gasteiger partial charge in [0, 0.05) is 20.6 Å². The molecule has 0 spiro atoms. The Morgan fingerprint density at radius 2 is 2.31 bits per heavy atom. The fourth-order valence-corrected chi connectivity index (χ4v) is 1.84. The molecule has 0 aliphatic heterocycles. The number of hydrogen-bond donors (Lipinski definition) is 1. The van der Waals surface area contributed by atoms with Crippen LogP contribution in [-0.4, -0.2) is 31.6 Å². The maximum atomic E-state index is 11.3. The van der Waals surface area contributed by atoms with E-state index in [2.05, 4.69) is 24.9 Å². The first-order chi connectivity index (χ1) is 7.50. The van der Waals surface area contributed by atoms with Gasteiger partial charge in [-0.15, -0.1) is 0 Å². The maximum absolute atomic E-state index is 11.3. The van der Waals surface area contributed by atoms with Crippen molar-refractivity contribution in [2.75, 3.05) is 20.6 Å². The zero-order valence-corrected chi connectivity index (χ0v) is 10.5. The number of urea groups is 1. The summed E-state index contributed by atoms with van der Waals surface area (Å²) in [6, 6.07) is -0.0251. The Balaban J connectivity index is 2.35. The van der Waals surface area contributed by atoms with Crippen molar-refractivity contribution in [1.29, 1.82) is 0 Å². The zero-order valence-electron chi connectivity index (χ0n) is 10.5. The molecule has 3 heteroatoms. The third kappa shape index (κ3) is 3.72. The lowest BCUT2D eigenvalue weighted by Crippen LogP contribution is -2.35. The molecule has 2 amide bonds. The van der Waals surface area contributed by atoms with Gasteiger partial charge in [0.1, 0.15) is 0 Å². The Morgan fingerprint density at radius 1 is 1.62 bits per heavy atom. The molecule has 0 saturated heterocycles. The molecule has 1 rings (SSSR count). The fraction of sp³-hybridized carbons (Fsp3) is 0.615. The predicted octanol–water partition coefficient (Wildman–Crippen LogP) is 2.56. The van der Waals surface area contributed by atoms with Crippen molar-refractivity contribution in [1.82, 2.24) is 10.2 Å². The van der Waals surface area contributed by atoms with Crippen LogP contribution in [0.5, 0.6) is 0 Å². The first-order valence-corrected chi connectivity index (χ1v) is 5.79. The van der Waals surface area contributed by atoms with Gasteiger partial charge in [0.25, 0.3) is 0 Å². The molecule has 1 aliphatic rings. The minimum Gasteiger partial charge on any atom is -0.334 e. The highest BCUT2D eigenvalue weighted by Gasteiger charge is 2.15. The molecule has 0 aromatic heterocycles. The SMILES string of the molecule is C=C(C)C1CC=C(CNC(=O)N(C)C)CC1. The van der Waals surface area contributed by atoms with Crippen LogP contribution in [0.2, 0.25) is 0 Å². The van der Waals surface area contributed by atoms with Crippen LogP contribution in [0, 0.1) is 5.92 Å². The van der Waals surface area contributed by atoms with E-state index in [0.717, 1.165) is 12.8 Å². The van der Waals surface area contributed by atoms with Crippen LogP contribution < -0.4 is 5.32 Å². The molecule has 0 bridgehead atoms. The summed E-state index contributed by atoms with van der Waals surface area (Å²) in [7, 11) is 3.50. The molecule has 1 N–H and O–H groups in total. The Labute approximate surface area is 98.2 Å². The molecular formula is C13H22N2O. The highest BCUT2D eigenvalue weighted by Crippen LogP contribution is 2.27. The molecule has 0 fully saturated rings. The predicted molar refractivity (Wildman–Crippen MR) is 67.3 cm³/mol. The third-order valence-corrected chi connectivity index (χ3v) is 3.07. The molecule has 0 aromatic rings. The van der Waals surface area contributed by atoms with Crippen LogP contribution in [0.4, 0.5) is 4.79 Å². The number of allylic oxidation sites excluding steroid dienone is 2. The van der Waals surface area contributed by atoms with E-state index in [-0.39, 0.29) is 6.03 Å². The second-order valence-corrected chi connectivity index (χ2v) is 4.73. The van der Waals surface area contributed by atoms with Crippen LogP contribution in [0.15, 0.2) is 23.8 Å². The largest absolute Gasteiger partial charge is 0.334 e. The van der Waals surface area contributed by atoms with Crippen LogP contribution in [0.1, 0.15) is 26.2 Å². The van der Waals surface area contributed by atoms with Crippen molar-refractivity contribution in [2.24, 2.45) is 5.92 Å². The molecule has 1 aliphatic carbocycles. The first kappa shape index (κ1) is 12.8. The smallest absolute Gasteiger partial charge is 0.317 e. The van der Waals surface area contributed by atoms with Gasteiger partial charge in [0.15, 0.2) is 0 Å². The molecule has 0 saturated carbocycles. The molecule has 0 heterocycles. The average molecular weight is 222 g/mol. The van der Waals surface area contributed by atoms with Gasteiger partial charge in [-0.05, 0) is 32.1 Å². The fourth-order valence-electron chi connectivity index (χ4n) is 1.84. The molecule has 1 atom stereocenters. The van der Waals surface area contributed by atoms with Gasteiger partial charge in [0.2, 0.25) is 0 Å². The van der Waals surface area contributed by atoms with E-state index in [4.69, 9.17) is 0 Å². The standard InChI is InChI=1S/C13H22N2O/c1-10(2)12-7-5-11(6-8-12)9-14-13(16)15(3)4/h5,12H,1,6-9H2,2-4H3,(H,14,16). The van der Waals surface area contributed by atoms with Crippen LogP contribution in [0.3, 0.4) is 0 Å². The molecule has 3 nitrogen and oxygen atoms in total. The summed E-state index contributed by atoms with van der Waals surface area (Å²) in [6.07, 6.45) is 5.56. The highest BCUT2D eigenvalue weighted by molar-refractivity contribution is 5.73. The number of amides is 2. The van der Waals surface area contributed by atoms with Crippen molar-refractivity contribution in [3.63, 3.8) is 0 Å². The molecule has 0 radical (unpaired) electrons. The molecule has 1 unspecified atom stereocenters. The van der Waals surface area contributed by atoms with E-state index in [1.54, 1.807) is 19.0 Å². The monoisotopic (exact) mass is 222 g/mol. The van der Waals surface area contributed by atoms with Gasteiger partial charge in [-0.3, -0.25) is 0 Å². The van der Waals surface area contributed by atoms with E-state index < -0.39 is 0 Å². The summed E-state index contributed by atoms with van der Waals surface area (Å²) in [4.78, 5) is 12.9. The van der Waals surface area contributed by atoms with Gasteiger partial charge in [-0.1, -0.05) is 23.8 Å². The van der Waals surface area contributed by atoms with E-state index >= 15 is 0 Å². The Kier molecular flexibility index (Phi) is 4.59. The van der Waals surface area contributed by atoms with E-state index in [9.17, 15) is 4.79 Å². The number of carbonyl (C=O) groups excluding carboxylic acids is 1. The second-order valence-electron chi connectivity index (χ2n) is 4.73. The zero-order chi connectivity index (χ0) is 12.1. The molecule has 90 valence electrons. The van der Waals surface area contributed by atoms with Crippen molar-refractivity contribution in [3.05, 3.63) is 23.8 Å². The number of nitrogens with zero attached hydrogens (tertiary/aromatic N) is 1. The van der Waals surface area contributed by atoms with Crippen molar-refractivity contribution < 1.29 is 4.79 Å². The maximum Gasteiger partial charge on any atom is 0.317 e. The van der Waals surface area contributed by atoms with Gasteiger partial charge >= 0.3 is 6.03 Å². The molecular weight excluding hydrogens is 200 g/mol. The number of rotatable bonds is 3. The van der Waals surface area contributed by atoms with Crippen LogP contribution in [0.25, 0.3) is 0 Å². The summed E-state index contributed by atoms with van der Waals surface area (Å²) < 4.78 is 0. The van der Waals surface area contributed by atoms with Crippen molar-refractivity contribution in [2.45, 2.75) is 26.2 Å². The topological polar surface area (TPSA) is 32.3 Å². The summed E-state index contributed by atoms with van der Waals surface area (Å²) in [5, 5.41) is 2.89. The normalized spacial score (nSPS) is 19.9. The molecule has 16 heavy (non-hydrogen) atoms. The quantitative estimate of drug-likeness (QED) is 0.731. The van der Waals surface area contributed by atoms with Crippen LogP contribution in [-0.2, 0) is 0 Å². The lowest BCUT2D eigenvalue weighted by atomic mass is 9.85. The minimum atomic E-state index is -0.0251. The summed E-state index contributed by atoms with van der Waals surface area (Å²) in [5.41, 5.74) is 2.61. The lowest BCUT2D eigenvalue weighted by molar-refractivity contribution is 0.218. The number of carbonyl (C=O) groups is 1. The van der Waals surface area contributed by atoms with Crippen molar-refractivity contribution >= 4 is 6.03 Å². The summed E-state index contributed by atoms with van der Waals surface area (Å²) in [5.74, 6) is 0.633. The van der Waals surface area contributed by atoms with Gasteiger partial charge in [-0.2, -0.15) is 0 Å². The Bertz CT molecular complexity index is 305. The lowest BCUT2D eigenvalue weighted by Gasteiger charge is -2.22. The minimum absolute atomic E-state index is 0.0251. The van der Waals surface area contributed by atoms with E-state index in [0.29, 0.717) is 12.5 Å². The first-order valence-electron chi connectivity index (χ1n) is 5.79. The highest BCUT2D eigenvalue weighted by atomic mass is 16.2. The summed E-state index contributed by atoms with van der Waals surface area (Å²) in [6.45, 7) is 6.77. The van der Waals surface area contributed by atoms with Crippen molar-refractivity contribution in [3.8, 4) is 0 Å². The van der Waals surface area contributed by atoms with Gasteiger partial charge in [-0.25, -0.2) is 4.79 Å². The van der Waals surface area contributed by atoms with E-state index in [1.165, 1.54) is 17.6 Å². The Hall–Kier alpha value is -1.25. The third-order valence-electron chi connectivity index (χ3n) is 3.07. The Morgan fingerprint density at radius 3 is 2.75 bits per heavy atom. The van der Waals surface area contributed by atoms with Gasteiger partial charge in [0.05, 0.1) is 0 Å². The van der Waals surface area contributed by atoms with Gasteiger partial charge < -0.3 is 10.2 Å².